The Morgan fingerprint density at radius 3 is 2.48 bits per heavy atom. The highest BCUT2D eigenvalue weighted by atomic mass is 19.4. The molecule has 0 bridgehead atoms. The number of nitrogens with one attached hydrogen (secondary N) is 2. The third-order valence-electron chi connectivity index (χ3n) is 3.92. The first kappa shape index (κ1) is 16.9. The average molecular weight is 346 g/mol. The number of nitrogens with two attached hydrogens (primary N) is 1. The first-order chi connectivity index (χ1) is 11.8. The summed E-state index contributed by atoms with van der Waals surface area (Å²) in [4.78, 5) is 4.62. The van der Waals surface area contributed by atoms with Gasteiger partial charge in [-0.25, -0.2) is 4.99 Å². The van der Waals surface area contributed by atoms with Crippen LogP contribution >= 0.6 is 0 Å². The predicted molar refractivity (Wildman–Crippen MR) is 93.0 cm³/mol. The molecule has 2 aromatic rings. The molecule has 130 valence electrons. The zero-order chi connectivity index (χ0) is 18.1. The summed E-state index contributed by atoms with van der Waals surface area (Å²) in [5.74, 6) is 0.437. The Balaban J connectivity index is 1.82. The Hall–Kier alpha value is -2.96. The number of nitrogen functional groups attached to an aromatic ring is 1. The summed E-state index contributed by atoms with van der Waals surface area (Å²) in [6, 6.07) is 12.2. The van der Waals surface area contributed by atoms with Crippen LogP contribution in [0.5, 0.6) is 0 Å². The van der Waals surface area contributed by atoms with Crippen molar-refractivity contribution in [2.24, 2.45) is 4.99 Å². The van der Waals surface area contributed by atoms with Crippen molar-refractivity contribution >= 4 is 17.3 Å². The molecule has 1 aliphatic heterocycles. The fraction of sp³-hybridized carbons (Fsp3) is 0.167. The molecule has 7 heteroatoms. The molecule has 0 radical (unpaired) electrons. The molecule has 4 N–H and O–H groups in total. The lowest BCUT2D eigenvalue weighted by molar-refractivity contribution is -0.137. The van der Waals surface area contributed by atoms with Crippen molar-refractivity contribution in [3.8, 4) is 0 Å². The number of rotatable bonds is 2. The first-order valence-electron chi connectivity index (χ1n) is 7.61. The molecule has 25 heavy (non-hydrogen) atoms. The van der Waals surface area contributed by atoms with Crippen molar-refractivity contribution in [2.45, 2.75) is 18.6 Å². The minimum atomic E-state index is -4.35. The largest absolute Gasteiger partial charge is 0.416 e. The molecule has 0 saturated heterocycles. The molecule has 1 heterocycles. The van der Waals surface area contributed by atoms with Crippen molar-refractivity contribution in [2.75, 3.05) is 11.1 Å². The van der Waals surface area contributed by atoms with Crippen LogP contribution in [0.2, 0.25) is 0 Å². The van der Waals surface area contributed by atoms with Crippen molar-refractivity contribution in [3.63, 3.8) is 0 Å². The molecule has 2 aromatic carbocycles. The Labute approximate surface area is 143 Å². The third kappa shape index (κ3) is 3.76. The smallest absolute Gasteiger partial charge is 0.399 e. The van der Waals surface area contributed by atoms with Gasteiger partial charge in [-0.2, -0.15) is 13.2 Å². The number of alkyl halides is 3. The Bertz CT molecular complexity index is 825. The summed E-state index contributed by atoms with van der Waals surface area (Å²) >= 11 is 0. The van der Waals surface area contributed by atoms with E-state index in [-0.39, 0.29) is 0 Å². The van der Waals surface area contributed by atoms with Gasteiger partial charge in [-0.05, 0) is 55.0 Å². The van der Waals surface area contributed by atoms with E-state index in [4.69, 9.17) is 5.73 Å². The molecule has 0 saturated carbocycles. The molecule has 0 aliphatic carbocycles. The summed E-state index contributed by atoms with van der Waals surface area (Å²) in [6.07, 6.45) is -0.726. The quantitative estimate of drug-likeness (QED) is 0.718. The van der Waals surface area contributed by atoms with E-state index in [0.717, 1.165) is 17.7 Å². The number of benzene rings is 2. The fourth-order valence-electron chi connectivity index (χ4n) is 2.54. The topological polar surface area (TPSA) is 62.4 Å². The van der Waals surface area contributed by atoms with Gasteiger partial charge in [-0.1, -0.05) is 12.1 Å². The predicted octanol–water partition coefficient (Wildman–Crippen LogP) is 4.09. The van der Waals surface area contributed by atoms with Crippen LogP contribution in [0.4, 0.5) is 24.5 Å². The number of anilines is 2. The zero-order valence-corrected chi connectivity index (χ0v) is 13.4. The lowest BCUT2D eigenvalue weighted by Crippen LogP contribution is -2.35. The van der Waals surface area contributed by atoms with Gasteiger partial charge in [0.25, 0.3) is 0 Å². The highest BCUT2D eigenvalue weighted by molar-refractivity contribution is 5.95. The van der Waals surface area contributed by atoms with E-state index in [1.807, 2.05) is 31.2 Å². The molecule has 1 atom stereocenters. The lowest BCUT2D eigenvalue weighted by atomic mass is 9.92. The summed E-state index contributed by atoms with van der Waals surface area (Å²) < 4.78 is 37.9. The Morgan fingerprint density at radius 1 is 1.12 bits per heavy atom. The van der Waals surface area contributed by atoms with E-state index < -0.39 is 17.3 Å². The molecule has 0 fully saturated rings. The zero-order valence-electron chi connectivity index (χ0n) is 13.4. The first-order valence-corrected chi connectivity index (χ1v) is 7.61. The molecular formula is C18H17F3N4. The SMILES string of the molecule is CC1(c2cccc(N)c2)C=CNC(Nc2ccc(C(F)(F)F)cc2)=N1. The third-order valence-corrected chi connectivity index (χ3v) is 3.92. The van der Waals surface area contributed by atoms with E-state index in [0.29, 0.717) is 17.3 Å². The number of halogens is 3. The Morgan fingerprint density at radius 2 is 1.84 bits per heavy atom. The highest BCUT2D eigenvalue weighted by Gasteiger charge is 2.30. The van der Waals surface area contributed by atoms with Gasteiger partial charge in [0.15, 0.2) is 0 Å². The number of aliphatic imine (C=N–C) groups is 1. The maximum absolute atomic E-state index is 12.6. The maximum Gasteiger partial charge on any atom is 0.416 e. The number of hydrogen-bond acceptors (Lipinski definition) is 4. The van der Waals surface area contributed by atoms with E-state index in [1.165, 1.54) is 12.1 Å². The van der Waals surface area contributed by atoms with Crippen LogP contribution < -0.4 is 16.4 Å². The van der Waals surface area contributed by atoms with Crippen LogP contribution in [0.15, 0.2) is 65.8 Å². The van der Waals surface area contributed by atoms with Gasteiger partial charge >= 0.3 is 6.18 Å². The van der Waals surface area contributed by atoms with Gasteiger partial charge < -0.3 is 16.4 Å². The van der Waals surface area contributed by atoms with Crippen molar-refractivity contribution in [3.05, 3.63) is 71.9 Å². The van der Waals surface area contributed by atoms with E-state index in [9.17, 15) is 13.2 Å². The van der Waals surface area contributed by atoms with Gasteiger partial charge in [-0.15, -0.1) is 0 Å². The van der Waals surface area contributed by atoms with Crippen LogP contribution in [-0.2, 0) is 11.7 Å². The second-order valence-corrected chi connectivity index (χ2v) is 5.91. The average Bonchev–Trinajstić information content (AvgIpc) is 2.55. The van der Waals surface area contributed by atoms with Crippen LogP contribution in [0, 0.1) is 0 Å². The van der Waals surface area contributed by atoms with Crippen LogP contribution in [0.1, 0.15) is 18.1 Å². The molecular weight excluding hydrogens is 329 g/mol. The van der Waals surface area contributed by atoms with Crippen LogP contribution in [0.3, 0.4) is 0 Å². The van der Waals surface area contributed by atoms with Gasteiger partial charge in [0.1, 0.15) is 5.54 Å². The normalized spacial score (nSPS) is 19.9. The van der Waals surface area contributed by atoms with E-state index in [1.54, 1.807) is 12.3 Å². The summed E-state index contributed by atoms with van der Waals surface area (Å²) in [5.41, 5.74) is 6.57. The van der Waals surface area contributed by atoms with Gasteiger partial charge in [-0.3, -0.25) is 0 Å². The number of guanidine groups is 1. The number of nitrogens with zero attached hydrogens (tertiary/aromatic N) is 1. The van der Waals surface area contributed by atoms with Crippen molar-refractivity contribution in [1.29, 1.82) is 0 Å². The second-order valence-electron chi connectivity index (χ2n) is 5.91. The minimum Gasteiger partial charge on any atom is -0.399 e. The van der Waals surface area contributed by atoms with Crippen LogP contribution in [0.25, 0.3) is 0 Å². The van der Waals surface area contributed by atoms with Gasteiger partial charge in [0, 0.05) is 17.6 Å². The fourth-order valence-corrected chi connectivity index (χ4v) is 2.54. The molecule has 0 aromatic heterocycles. The summed E-state index contributed by atoms with van der Waals surface area (Å²) in [5, 5.41) is 5.94. The van der Waals surface area contributed by atoms with Crippen LogP contribution in [-0.4, -0.2) is 5.96 Å². The molecule has 1 unspecified atom stereocenters. The molecule has 1 aliphatic rings. The molecule has 0 amide bonds. The van der Waals surface area contributed by atoms with Crippen molar-refractivity contribution < 1.29 is 13.2 Å². The van der Waals surface area contributed by atoms with Crippen molar-refractivity contribution in [1.82, 2.24) is 5.32 Å². The summed E-state index contributed by atoms with van der Waals surface area (Å²) in [6.45, 7) is 1.92. The van der Waals surface area contributed by atoms with Gasteiger partial charge in [0.2, 0.25) is 5.96 Å². The maximum atomic E-state index is 12.6. The molecule has 0 spiro atoms. The molecule has 4 nitrogen and oxygen atoms in total. The second kappa shape index (κ2) is 6.16. The highest BCUT2D eigenvalue weighted by Crippen LogP contribution is 2.31. The Kier molecular flexibility index (Phi) is 4.16. The lowest BCUT2D eigenvalue weighted by Gasteiger charge is -2.27. The standard InChI is InChI=1S/C18H17F3N4/c1-17(13-3-2-4-14(22)11-13)9-10-23-16(25-17)24-15-7-5-12(6-8-15)18(19,20)21/h2-11H,22H2,1H3,(H2,23,24,25). The molecule has 3 rings (SSSR count). The van der Waals surface area contributed by atoms with Gasteiger partial charge in [0.05, 0.1) is 5.56 Å². The number of hydrogen-bond donors (Lipinski definition) is 3. The van der Waals surface area contributed by atoms with E-state index >= 15 is 0 Å². The minimum absolute atomic E-state index is 0.437. The van der Waals surface area contributed by atoms with E-state index in [2.05, 4.69) is 15.6 Å². The monoisotopic (exact) mass is 346 g/mol. The summed E-state index contributed by atoms with van der Waals surface area (Å²) in [7, 11) is 0.